The van der Waals surface area contributed by atoms with Gasteiger partial charge in [0, 0.05) is 12.6 Å². The first-order valence-electron chi connectivity index (χ1n) is 6.55. The Morgan fingerprint density at radius 3 is 2.81 bits per heavy atom. The van der Waals surface area contributed by atoms with Crippen LogP contribution in [0.15, 0.2) is 30.5 Å². The van der Waals surface area contributed by atoms with E-state index in [-0.39, 0.29) is 6.42 Å². The first-order valence-corrected chi connectivity index (χ1v) is 6.55. The zero-order chi connectivity index (χ0) is 15.1. The number of para-hydroxylation sites is 2. The maximum atomic E-state index is 10.5. The number of aromatic nitrogens is 3. The zero-order valence-electron chi connectivity index (χ0n) is 11.7. The molecule has 0 aliphatic heterocycles. The van der Waals surface area contributed by atoms with Gasteiger partial charge in [-0.25, -0.2) is 4.68 Å². The van der Waals surface area contributed by atoms with E-state index in [2.05, 4.69) is 10.3 Å². The molecule has 0 fully saturated rings. The van der Waals surface area contributed by atoms with Gasteiger partial charge in [-0.1, -0.05) is 17.3 Å². The van der Waals surface area contributed by atoms with Gasteiger partial charge in [-0.05, 0) is 12.1 Å². The molecule has 7 nitrogen and oxygen atoms in total. The lowest BCUT2D eigenvalue weighted by atomic mass is 10.2. The van der Waals surface area contributed by atoms with E-state index >= 15 is 0 Å². The third kappa shape index (κ3) is 4.48. The van der Waals surface area contributed by atoms with Crippen molar-refractivity contribution < 1.29 is 19.4 Å². The molecule has 21 heavy (non-hydrogen) atoms. The van der Waals surface area contributed by atoms with Crippen molar-refractivity contribution in [2.24, 2.45) is 0 Å². The van der Waals surface area contributed by atoms with E-state index in [1.807, 2.05) is 24.3 Å². The number of methoxy groups -OCH3 is 1. The summed E-state index contributed by atoms with van der Waals surface area (Å²) >= 11 is 0. The normalized spacial score (nSPS) is 10.3. The van der Waals surface area contributed by atoms with Crippen LogP contribution in [0.2, 0.25) is 0 Å². The number of hydrogen-bond donors (Lipinski definition) is 1. The molecule has 0 spiro atoms. The molecule has 0 aliphatic carbocycles. The summed E-state index contributed by atoms with van der Waals surface area (Å²) in [7, 11) is 1.59. The van der Waals surface area contributed by atoms with E-state index in [4.69, 9.17) is 14.6 Å². The minimum atomic E-state index is -0.843. The number of ether oxygens (including phenoxy) is 2. The monoisotopic (exact) mass is 291 g/mol. The van der Waals surface area contributed by atoms with E-state index < -0.39 is 5.97 Å². The molecule has 0 aliphatic rings. The fraction of sp³-hybridized carbons (Fsp3) is 0.357. The first kappa shape index (κ1) is 14.8. The third-order valence-corrected chi connectivity index (χ3v) is 2.83. The Morgan fingerprint density at radius 2 is 2.10 bits per heavy atom. The van der Waals surface area contributed by atoms with Crippen molar-refractivity contribution in [2.75, 3.05) is 13.7 Å². The molecule has 0 atom stereocenters. The summed E-state index contributed by atoms with van der Waals surface area (Å²) in [5, 5.41) is 16.5. The molecule has 0 radical (unpaired) electrons. The molecule has 1 aromatic carbocycles. The average Bonchev–Trinajstić information content (AvgIpc) is 2.93. The van der Waals surface area contributed by atoms with Crippen LogP contribution in [0.4, 0.5) is 0 Å². The molecule has 7 heteroatoms. The molecule has 1 heterocycles. The maximum Gasteiger partial charge on any atom is 0.303 e. The van der Waals surface area contributed by atoms with Crippen molar-refractivity contribution in [3.63, 3.8) is 0 Å². The molecule has 0 bridgehead atoms. The molecular formula is C14H17N3O4. The van der Waals surface area contributed by atoms with Crippen molar-refractivity contribution in [2.45, 2.75) is 19.4 Å². The number of hydrogen-bond acceptors (Lipinski definition) is 5. The van der Waals surface area contributed by atoms with Gasteiger partial charge in [0.2, 0.25) is 0 Å². The summed E-state index contributed by atoms with van der Waals surface area (Å²) in [6.07, 6.45) is 2.16. The van der Waals surface area contributed by atoms with Crippen LogP contribution in [0.5, 0.6) is 11.5 Å². The lowest BCUT2D eigenvalue weighted by Crippen LogP contribution is -2.09. The summed E-state index contributed by atoms with van der Waals surface area (Å²) in [6, 6.07) is 7.41. The topological polar surface area (TPSA) is 86.5 Å². The second-order valence-electron chi connectivity index (χ2n) is 4.37. The summed E-state index contributed by atoms with van der Waals surface area (Å²) in [6.45, 7) is 0.945. The van der Waals surface area contributed by atoms with Crippen LogP contribution in [0.3, 0.4) is 0 Å². The van der Waals surface area contributed by atoms with E-state index in [0.717, 1.165) is 0 Å². The Labute approximate surface area is 122 Å². The van der Waals surface area contributed by atoms with Crippen molar-refractivity contribution in [3.05, 3.63) is 36.2 Å². The SMILES string of the molecule is COc1ccccc1OCCn1cc(CCC(=O)O)nn1. The molecular weight excluding hydrogens is 274 g/mol. The Bertz CT molecular complexity index is 597. The number of carboxylic acids is 1. The Balaban J connectivity index is 1.82. The Hall–Kier alpha value is -2.57. The average molecular weight is 291 g/mol. The van der Waals surface area contributed by atoms with Crippen LogP contribution in [0.25, 0.3) is 0 Å². The van der Waals surface area contributed by atoms with E-state index in [1.165, 1.54) is 0 Å². The minimum Gasteiger partial charge on any atom is -0.493 e. The Morgan fingerprint density at radius 1 is 1.33 bits per heavy atom. The van der Waals surface area contributed by atoms with Crippen LogP contribution in [0, 0.1) is 0 Å². The van der Waals surface area contributed by atoms with Crippen molar-refractivity contribution in [3.8, 4) is 11.5 Å². The number of aliphatic carboxylic acids is 1. The van der Waals surface area contributed by atoms with E-state index in [9.17, 15) is 4.79 Å². The smallest absolute Gasteiger partial charge is 0.303 e. The van der Waals surface area contributed by atoms with Gasteiger partial charge >= 0.3 is 5.97 Å². The van der Waals surface area contributed by atoms with Gasteiger partial charge in [0.05, 0.1) is 25.8 Å². The molecule has 0 amide bonds. The Kier molecular flexibility index (Phi) is 5.14. The van der Waals surface area contributed by atoms with Crippen LogP contribution in [0.1, 0.15) is 12.1 Å². The highest BCUT2D eigenvalue weighted by atomic mass is 16.5. The summed E-state index contributed by atoms with van der Waals surface area (Å²) in [5.74, 6) is 0.508. The number of carboxylic acid groups (broad SMARTS) is 1. The number of carbonyl (C=O) groups is 1. The molecule has 1 N–H and O–H groups in total. The minimum absolute atomic E-state index is 0.0520. The van der Waals surface area contributed by atoms with Crippen molar-refractivity contribution in [1.82, 2.24) is 15.0 Å². The summed E-state index contributed by atoms with van der Waals surface area (Å²) < 4.78 is 12.5. The molecule has 1 aromatic heterocycles. The zero-order valence-corrected chi connectivity index (χ0v) is 11.7. The van der Waals surface area contributed by atoms with E-state index in [1.54, 1.807) is 18.0 Å². The first-order chi connectivity index (χ1) is 10.2. The standard InChI is InChI=1S/C14H17N3O4/c1-20-12-4-2-3-5-13(12)21-9-8-17-10-11(15-16-17)6-7-14(18)19/h2-5,10H,6-9H2,1H3,(H,18,19). The summed E-state index contributed by atoms with van der Waals surface area (Å²) in [4.78, 5) is 10.5. The van der Waals surface area contributed by atoms with Gasteiger partial charge in [-0.2, -0.15) is 0 Å². The van der Waals surface area contributed by atoms with Crippen LogP contribution in [-0.4, -0.2) is 39.8 Å². The molecule has 2 rings (SSSR count). The van der Waals surface area contributed by atoms with E-state index in [0.29, 0.717) is 36.8 Å². The lowest BCUT2D eigenvalue weighted by molar-refractivity contribution is -0.136. The highest BCUT2D eigenvalue weighted by Crippen LogP contribution is 2.25. The highest BCUT2D eigenvalue weighted by Gasteiger charge is 2.05. The largest absolute Gasteiger partial charge is 0.493 e. The molecule has 2 aromatic rings. The van der Waals surface area contributed by atoms with Crippen LogP contribution >= 0.6 is 0 Å². The molecule has 0 saturated heterocycles. The van der Waals surface area contributed by atoms with Crippen LogP contribution < -0.4 is 9.47 Å². The highest BCUT2D eigenvalue weighted by molar-refractivity contribution is 5.66. The number of benzene rings is 1. The van der Waals surface area contributed by atoms with Crippen molar-refractivity contribution >= 4 is 5.97 Å². The number of nitrogens with zero attached hydrogens (tertiary/aromatic N) is 3. The summed E-state index contributed by atoms with van der Waals surface area (Å²) in [5.41, 5.74) is 0.662. The van der Waals surface area contributed by atoms with Gasteiger partial charge in [0.25, 0.3) is 0 Å². The predicted octanol–water partition coefficient (Wildman–Crippen LogP) is 1.38. The van der Waals surface area contributed by atoms with Gasteiger partial charge in [0.1, 0.15) is 6.61 Å². The number of rotatable bonds is 8. The molecule has 0 unspecified atom stereocenters. The second-order valence-corrected chi connectivity index (χ2v) is 4.37. The number of aryl methyl sites for hydroxylation is 1. The van der Waals surface area contributed by atoms with Crippen LogP contribution in [-0.2, 0) is 17.8 Å². The quantitative estimate of drug-likeness (QED) is 0.790. The van der Waals surface area contributed by atoms with Gasteiger partial charge in [-0.15, -0.1) is 5.10 Å². The van der Waals surface area contributed by atoms with Gasteiger partial charge < -0.3 is 14.6 Å². The fourth-order valence-corrected chi connectivity index (χ4v) is 1.78. The van der Waals surface area contributed by atoms with Crippen molar-refractivity contribution in [1.29, 1.82) is 0 Å². The lowest BCUT2D eigenvalue weighted by Gasteiger charge is -2.09. The molecule has 0 saturated carbocycles. The third-order valence-electron chi connectivity index (χ3n) is 2.83. The second kappa shape index (κ2) is 7.28. The maximum absolute atomic E-state index is 10.5. The van der Waals surface area contributed by atoms with Gasteiger partial charge in [-0.3, -0.25) is 4.79 Å². The van der Waals surface area contributed by atoms with Gasteiger partial charge in [0.15, 0.2) is 11.5 Å². The molecule has 112 valence electrons. The fourth-order valence-electron chi connectivity index (χ4n) is 1.78. The predicted molar refractivity (Wildman–Crippen MR) is 74.5 cm³/mol.